The molecule has 1 aromatic heterocycles. The van der Waals surface area contributed by atoms with E-state index in [-0.39, 0.29) is 11.8 Å². The van der Waals surface area contributed by atoms with Crippen LogP contribution in [0.15, 0.2) is 34.1 Å². The van der Waals surface area contributed by atoms with E-state index >= 15 is 0 Å². The molecule has 110 valence electrons. The van der Waals surface area contributed by atoms with Crippen molar-refractivity contribution in [1.29, 1.82) is 0 Å². The number of hydrogen-bond donors (Lipinski definition) is 1. The number of anilines is 1. The number of carbonyl (C=O) groups is 2. The van der Waals surface area contributed by atoms with E-state index in [1.807, 2.05) is 13.0 Å². The van der Waals surface area contributed by atoms with Crippen molar-refractivity contribution < 1.29 is 9.59 Å². The van der Waals surface area contributed by atoms with Gasteiger partial charge in [0.1, 0.15) is 0 Å². The number of rotatable bonds is 3. The first kappa shape index (κ1) is 15.7. The lowest BCUT2D eigenvalue weighted by molar-refractivity contribution is 0.0828. The van der Waals surface area contributed by atoms with Gasteiger partial charge in [0, 0.05) is 14.1 Å². The van der Waals surface area contributed by atoms with Gasteiger partial charge in [0.15, 0.2) is 0 Å². The first-order chi connectivity index (χ1) is 9.90. The molecule has 1 N–H and O–H groups in total. The molecule has 0 aliphatic carbocycles. The van der Waals surface area contributed by atoms with Gasteiger partial charge in [0.25, 0.3) is 11.8 Å². The molecule has 0 aliphatic rings. The fourth-order valence-corrected chi connectivity index (χ4v) is 3.21. The van der Waals surface area contributed by atoms with Crippen molar-refractivity contribution in [2.24, 2.45) is 0 Å². The summed E-state index contributed by atoms with van der Waals surface area (Å²) in [7, 11) is 3.36. The Bertz CT molecular complexity index is 675. The summed E-state index contributed by atoms with van der Waals surface area (Å²) in [4.78, 5) is 26.5. The van der Waals surface area contributed by atoms with E-state index in [1.165, 1.54) is 16.2 Å². The fraction of sp³-hybridized carbons (Fsp3) is 0.200. The number of amides is 2. The number of thiophene rings is 1. The second-order valence-corrected chi connectivity index (χ2v) is 7.14. The van der Waals surface area contributed by atoms with Crippen LogP contribution in [0.4, 0.5) is 5.69 Å². The van der Waals surface area contributed by atoms with Gasteiger partial charge in [-0.15, -0.1) is 11.3 Å². The average Bonchev–Trinajstić information content (AvgIpc) is 2.78. The Hall–Kier alpha value is -1.66. The summed E-state index contributed by atoms with van der Waals surface area (Å²) in [6, 6.07) is 8.81. The molecule has 2 amide bonds. The standard InChI is InChI=1S/C15H15BrN2O2S/c1-9-8-12(21-13(9)16)14(19)17-11-7-5-4-6-10(11)15(20)18(2)3/h4-8H,1-3H3,(H,17,19). The molecule has 0 saturated carbocycles. The summed E-state index contributed by atoms with van der Waals surface area (Å²) >= 11 is 4.78. The van der Waals surface area contributed by atoms with Crippen LogP contribution in [0, 0.1) is 6.92 Å². The van der Waals surface area contributed by atoms with Crippen molar-refractivity contribution in [2.45, 2.75) is 6.92 Å². The van der Waals surface area contributed by atoms with Crippen molar-refractivity contribution in [3.05, 3.63) is 50.1 Å². The van der Waals surface area contributed by atoms with Crippen molar-refractivity contribution in [1.82, 2.24) is 4.90 Å². The van der Waals surface area contributed by atoms with E-state index in [4.69, 9.17) is 0 Å². The van der Waals surface area contributed by atoms with Gasteiger partial charge in [-0.05, 0) is 46.6 Å². The Morgan fingerprint density at radius 2 is 1.90 bits per heavy atom. The second-order valence-electron chi connectivity index (χ2n) is 4.77. The third-order valence-electron chi connectivity index (χ3n) is 2.89. The monoisotopic (exact) mass is 366 g/mol. The molecule has 0 spiro atoms. The van der Waals surface area contributed by atoms with Crippen LogP contribution in [0.3, 0.4) is 0 Å². The highest BCUT2D eigenvalue weighted by Crippen LogP contribution is 2.28. The van der Waals surface area contributed by atoms with Gasteiger partial charge < -0.3 is 10.2 Å². The van der Waals surface area contributed by atoms with E-state index in [1.54, 1.807) is 38.4 Å². The van der Waals surface area contributed by atoms with Gasteiger partial charge in [-0.2, -0.15) is 0 Å². The third-order valence-corrected chi connectivity index (χ3v) is 5.03. The van der Waals surface area contributed by atoms with Gasteiger partial charge in [0.2, 0.25) is 0 Å². The Balaban J connectivity index is 2.27. The van der Waals surface area contributed by atoms with Gasteiger partial charge in [0.05, 0.1) is 19.9 Å². The topological polar surface area (TPSA) is 49.4 Å². The molecule has 0 fully saturated rings. The molecule has 0 saturated heterocycles. The van der Waals surface area contributed by atoms with Gasteiger partial charge in [-0.3, -0.25) is 9.59 Å². The molecular formula is C15H15BrN2O2S. The Morgan fingerprint density at radius 3 is 2.48 bits per heavy atom. The van der Waals surface area contributed by atoms with Crippen LogP contribution in [0.1, 0.15) is 25.6 Å². The van der Waals surface area contributed by atoms with Gasteiger partial charge in [-0.1, -0.05) is 12.1 Å². The molecule has 0 aliphatic heterocycles. The highest BCUT2D eigenvalue weighted by atomic mass is 79.9. The maximum Gasteiger partial charge on any atom is 0.265 e. The smallest absolute Gasteiger partial charge is 0.265 e. The van der Waals surface area contributed by atoms with E-state index in [2.05, 4.69) is 21.2 Å². The number of nitrogens with one attached hydrogen (secondary N) is 1. The molecule has 0 radical (unpaired) electrons. The summed E-state index contributed by atoms with van der Waals surface area (Å²) in [5.41, 5.74) is 2.01. The lowest BCUT2D eigenvalue weighted by Crippen LogP contribution is -2.23. The number of halogens is 1. The summed E-state index contributed by atoms with van der Waals surface area (Å²) in [6.07, 6.45) is 0. The highest BCUT2D eigenvalue weighted by molar-refractivity contribution is 9.11. The SMILES string of the molecule is Cc1cc(C(=O)Nc2ccccc2C(=O)N(C)C)sc1Br. The number of hydrogen-bond acceptors (Lipinski definition) is 3. The van der Waals surface area contributed by atoms with E-state index < -0.39 is 0 Å². The molecular weight excluding hydrogens is 352 g/mol. The largest absolute Gasteiger partial charge is 0.345 e. The molecule has 0 atom stereocenters. The molecule has 0 bridgehead atoms. The first-order valence-electron chi connectivity index (χ1n) is 6.28. The lowest BCUT2D eigenvalue weighted by Gasteiger charge is -2.14. The molecule has 21 heavy (non-hydrogen) atoms. The summed E-state index contributed by atoms with van der Waals surface area (Å²) in [5, 5.41) is 2.81. The normalized spacial score (nSPS) is 10.3. The molecule has 6 heteroatoms. The van der Waals surface area contributed by atoms with E-state index in [0.29, 0.717) is 16.1 Å². The number of benzene rings is 1. The molecule has 4 nitrogen and oxygen atoms in total. The molecule has 2 rings (SSSR count). The maximum absolute atomic E-state index is 12.3. The van der Waals surface area contributed by atoms with E-state index in [0.717, 1.165) is 9.35 Å². The Labute approximate surface area is 135 Å². The van der Waals surface area contributed by atoms with Crippen LogP contribution >= 0.6 is 27.3 Å². The predicted molar refractivity (Wildman–Crippen MR) is 89.2 cm³/mol. The van der Waals surface area contributed by atoms with Crippen molar-refractivity contribution in [2.75, 3.05) is 19.4 Å². The molecule has 1 aromatic carbocycles. The fourth-order valence-electron chi connectivity index (χ4n) is 1.78. The predicted octanol–water partition coefficient (Wildman–Crippen LogP) is 3.77. The molecule has 2 aromatic rings. The minimum atomic E-state index is -0.215. The minimum absolute atomic E-state index is 0.144. The zero-order valence-electron chi connectivity index (χ0n) is 11.9. The van der Waals surface area contributed by atoms with Gasteiger partial charge in [-0.25, -0.2) is 0 Å². The average molecular weight is 367 g/mol. The highest BCUT2D eigenvalue weighted by Gasteiger charge is 2.16. The van der Waals surface area contributed by atoms with Crippen LogP contribution in [0.2, 0.25) is 0 Å². The summed E-state index contributed by atoms with van der Waals surface area (Å²) < 4.78 is 0.935. The van der Waals surface area contributed by atoms with Crippen LogP contribution < -0.4 is 5.32 Å². The lowest BCUT2D eigenvalue weighted by atomic mass is 10.1. The van der Waals surface area contributed by atoms with Crippen molar-refractivity contribution >= 4 is 44.8 Å². The molecule has 1 heterocycles. The van der Waals surface area contributed by atoms with Crippen molar-refractivity contribution in [3.8, 4) is 0 Å². The Kier molecular flexibility index (Phi) is 4.80. The number of aryl methyl sites for hydroxylation is 1. The third kappa shape index (κ3) is 3.51. The van der Waals surface area contributed by atoms with Crippen LogP contribution in [-0.2, 0) is 0 Å². The number of nitrogens with zero attached hydrogens (tertiary/aromatic N) is 1. The van der Waals surface area contributed by atoms with Crippen molar-refractivity contribution in [3.63, 3.8) is 0 Å². The second kappa shape index (κ2) is 6.41. The van der Waals surface area contributed by atoms with Gasteiger partial charge >= 0.3 is 0 Å². The van der Waals surface area contributed by atoms with Crippen LogP contribution in [-0.4, -0.2) is 30.8 Å². The zero-order valence-corrected chi connectivity index (χ0v) is 14.3. The maximum atomic E-state index is 12.3. The summed E-state index contributed by atoms with van der Waals surface area (Å²) in [5.74, 6) is -0.359. The minimum Gasteiger partial charge on any atom is -0.345 e. The number of para-hydroxylation sites is 1. The van der Waals surface area contributed by atoms with Crippen LogP contribution in [0.25, 0.3) is 0 Å². The molecule has 0 unspecified atom stereocenters. The Morgan fingerprint density at radius 1 is 1.24 bits per heavy atom. The van der Waals surface area contributed by atoms with Crippen LogP contribution in [0.5, 0.6) is 0 Å². The van der Waals surface area contributed by atoms with E-state index in [9.17, 15) is 9.59 Å². The number of carbonyl (C=O) groups excluding carboxylic acids is 2. The zero-order chi connectivity index (χ0) is 15.6. The quantitative estimate of drug-likeness (QED) is 0.898. The first-order valence-corrected chi connectivity index (χ1v) is 7.89. The summed E-state index contributed by atoms with van der Waals surface area (Å²) in [6.45, 7) is 1.93.